The van der Waals surface area contributed by atoms with E-state index in [0.29, 0.717) is 28.5 Å². The van der Waals surface area contributed by atoms with Crippen LogP contribution in [0, 0.1) is 0 Å². The minimum absolute atomic E-state index is 0.0748. The standard InChI is InChI=1S/C22H23ClF2N4O3/c1-2-29-18-5-3-4-16(15(18)10-26-21(29)31)27-20(30)28-17-9-22(11-24,12-25)32-19-8-13(23)6-7-14(17)19/h3-8,17H,2,9-12H2,1H3,(H,26,31)(H2,27,28,30)/t17-/m1/s1. The van der Waals surface area contributed by atoms with Crippen LogP contribution in [0.3, 0.4) is 0 Å². The van der Waals surface area contributed by atoms with Crippen LogP contribution in [-0.2, 0) is 6.54 Å². The van der Waals surface area contributed by atoms with Gasteiger partial charge in [-0.05, 0) is 31.2 Å². The van der Waals surface area contributed by atoms with Crippen molar-refractivity contribution in [3.05, 3.63) is 52.5 Å². The third-order valence-corrected chi connectivity index (χ3v) is 5.95. The first-order valence-corrected chi connectivity index (χ1v) is 10.6. The summed E-state index contributed by atoms with van der Waals surface area (Å²) >= 11 is 6.02. The molecule has 2 heterocycles. The molecular formula is C22H23ClF2N4O3. The van der Waals surface area contributed by atoms with Crippen molar-refractivity contribution < 1.29 is 23.1 Å². The third-order valence-electron chi connectivity index (χ3n) is 5.71. The van der Waals surface area contributed by atoms with E-state index in [9.17, 15) is 18.4 Å². The number of carbonyl (C=O) groups is 2. The van der Waals surface area contributed by atoms with Gasteiger partial charge in [-0.3, -0.25) is 4.90 Å². The normalized spacial score (nSPS) is 18.7. The van der Waals surface area contributed by atoms with E-state index in [1.54, 1.807) is 29.2 Å². The van der Waals surface area contributed by atoms with Crippen molar-refractivity contribution in [3.8, 4) is 5.75 Å². The number of alkyl halides is 2. The zero-order chi connectivity index (χ0) is 22.9. The number of nitrogens with zero attached hydrogens (tertiary/aromatic N) is 1. The fourth-order valence-corrected chi connectivity index (χ4v) is 4.26. The summed E-state index contributed by atoms with van der Waals surface area (Å²) in [4.78, 5) is 26.5. The van der Waals surface area contributed by atoms with E-state index in [2.05, 4.69) is 16.0 Å². The van der Waals surface area contributed by atoms with E-state index in [-0.39, 0.29) is 24.7 Å². The average molecular weight is 465 g/mol. The molecule has 0 spiro atoms. The predicted molar refractivity (Wildman–Crippen MR) is 118 cm³/mol. The number of nitrogens with one attached hydrogen (secondary N) is 3. The van der Waals surface area contributed by atoms with E-state index in [4.69, 9.17) is 16.3 Å². The van der Waals surface area contributed by atoms with Gasteiger partial charge in [0.05, 0.1) is 11.7 Å². The molecule has 170 valence electrons. The summed E-state index contributed by atoms with van der Waals surface area (Å²) in [6, 6.07) is 8.65. The topological polar surface area (TPSA) is 82.7 Å². The molecule has 1 atom stereocenters. The Hall–Kier alpha value is -3.07. The van der Waals surface area contributed by atoms with Gasteiger partial charge in [-0.15, -0.1) is 0 Å². The predicted octanol–water partition coefficient (Wildman–Crippen LogP) is 4.71. The minimum Gasteiger partial charge on any atom is -0.481 e. The quantitative estimate of drug-likeness (QED) is 0.599. The van der Waals surface area contributed by atoms with Gasteiger partial charge in [0.25, 0.3) is 0 Å². The zero-order valence-corrected chi connectivity index (χ0v) is 18.1. The highest BCUT2D eigenvalue weighted by molar-refractivity contribution is 6.30. The zero-order valence-electron chi connectivity index (χ0n) is 17.4. The van der Waals surface area contributed by atoms with Gasteiger partial charge in [-0.2, -0.15) is 0 Å². The summed E-state index contributed by atoms with van der Waals surface area (Å²) in [5.41, 5.74) is 0.915. The van der Waals surface area contributed by atoms with Crippen molar-refractivity contribution in [3.63, 3.8) is 0 Å². The van der Waals surface area contributed by atoms with Gasteiger partial charge in [0.1, 0.15) is 19.1 Å². The number of ether oxygens (including phenoxy) is 1. The number of halogens is 3. The van der Waals surface area contributed by atoms with Gasteiger partial charge in [-0.25, -0.2) is 18.4 Å². The Morgan fingerprint density at radius 1 is 1.31 bits per heavy atom. The van der Waals surface area contributed by atoms with Crippen molar-refractivity contribution in [2.75, 3.05) is 30.1 Å². The number of amides is 4. The maximum atomic E-state index is 13.7. The molecule has 0 fully saturated rings. The Bertz CT molecular complexity index is 1050. The monoisotopic (exact) mass is 464 g/mol. The molecule has 2 aliphatic heterocycles. The summed E-state index contributed by atoms with van der Waals surface area (Å²) in [7, 11) is 0. The molecule has 2 aromatic carbocycles. The first kappa shape index (κ1) is 22.1. The molecule has 2 aromatic rings. The lowest BCUT2D eigenvalue weighted by Crippen LogP contribution is -2.49. The molecule has 10 heteroatoms. The highest BCUT2D eigenvalue weighted by Gasteiger charge is 2.42. The first-order valence-electron chi connectivity index (χ1n) is 10.2. The molecule has 2 aliphatic rings. The lowest BCUT2D eigenvalue weighted by atomic mass is 9.88. The van der Waals surface area contributed by atoms with Gasteiger partial charge >= 0.3 is 12.1 Å². The molecule has 0 aliphatic carbocycles. The van der Waals surface area contributed by atoms with Crippen LogP contribution < -0.4 is 25.6 Å². The molecule has 32 heavy (non-hydrogen) atoms. The SMILES string of the molecule is CCN1C(=O)NCc2c(NC(=O)N[C@@H]3CC(CF)(CF)Oc4cc(Cl)ccc43)cccc21. The van der Waals surface area contributed by atoms with Crippen LogP contribution in [0.1, 0.15) is 30.5 Å². The lowest BCUT2D eigenvalue weighted by molar-refractivity contribution is -0.0104. The van der Waals surface area contributed by atoms with Crippen molar-refractivity contribution in [1.29, 1.82) is 0 Å². The second-order valence-electron chi connectivity index (χ2n) is 7.80. The van der Waals surface area contributed by atoms with E-state index in [1.807, 2.05) is 13.0 Å². The third kappa shape index (κ3) is 4.04. The van der Waals surface area contributed by atoms with Gasteiger partial charge in [0.15, 0.2) is 5.60 Å². The van der Waals surface area contributed by atoms with Gasteiger partial charge in [-0.1, -0.05) is 23.7 Å². The summed E-state index contributed by atoms with van der Waals surface area (Å²) in [5, 5.41) is 8.74. The van der Waals surface area contributed by atoms with Crippen LogP contribution >= 0.6 is 11.6 Å². The summed E-state index contributed by atoms with van der Waals surface area (Å²) in [5.74, 6) is 0.239. The van der Waals surface area contributed by atoms with Crippen molar-refractivity contribution >= 4 is 35.0 Å². The Morgan fingerprint density at radius 2 is 2.09 bits per heavy atom. The van der Waals surface area contributed by atoms with E-state index in [1.165, 1.54) is 6.07 Å². The fraction of sp³-hybridized carbons (Fsp3) is 0.364. The Labute approximate surface area is 189 Å². The second kappa shape index (κ2) is 8.82. The maximum Gasteiger partial charge on any atom is 0.322 e. The van der Waals surface area contributed by atoms with Crippen LogP contribution in [0.2, 0.25) is 5.02 Å². The van der Waals surface area contributed by atoms with Crippen LogP contribution in [0.4, 0.5) is 29.7 Å². The molecule has 0 bridgehead atoms. The molecule has 0 unspecified atom stereocenters. The highest BCUT2D eigenvalue weighted by atomic mass is 35.5. The fourth-order valence-electron chi connectivity index (χ4n) is 4.10. The van der Waals surface area contributed by atoms with E-state index in [0.717, 1.165) is 5.56 Å². The van der Waals surface area contributed by atoms with Crippen molar-refractivity contribution in [1.82, 2.24) is 10.6 Å². The minimum atomic E-state index is -1.69. The number of urea groups is 2. The number of anilines is 2. The van der Waals surface area contributed by atoms with Crippen LogP contribution in [0.15, 0.2) is 36.4 Å². The number of rotatable bonds is 5. The molecule has 4 rings (SSSR count). The number of hydrogen-bond acceptors (Lipinski definition) is 3. The van der Waals surface area contributed by atoms with Gasteiger partial charge in [0, 0.05) is 41.3 Å². The van der Waals surface area contributed by atoms with Crippen LogP contribution in [-0.4, -0.2) is 37.6 Å². The van der Waals surface area contributed by atoms with Gasteiger partial charge < -0.3 is 20.7 Å². The smallest absolute Gasteiger partial charge is 0.322 e. The van der Waals surface area contributed by atoms with Crippen LogP contribution in [0.25, 0.3) is 0 Å². The van der Waals surface area contributed by atoms with E-state index >= 15 is 0 Å². The number of carbonyl (C=O) groups excluding carboxylic acids is 2. The van der Waals surface area contributed by atoms with Crippen LogP contribution in [0.5, 0.6) is 5.75 Å². The average Bonchev–Trinajstić information content (AvgIpc) is 2.78. The van der Waals surface area contributed by atoms with E-state index < -0.39 is 31.0 Å². The lowest BCUT2D eigenvalue weighted by Gasteiger charge is -2.39. The summed E-state index contributed by atoms with van der Waals surface area (Å²) < 4.78 is 33.0. The molecule has 4 amide bonds. The first-order chi connectivity index (χ1) is 15.4. The van der Waals surface area contributed by atoms with Gasteiger partial charge in [0.2, 0.25) is 0 Å². The summed E-state index contributed by atoms with van der Waals surface area (Å²) in [6.45, 7) is 0.511. The Kier molecular flexibility index (Phi) is 6.10. The van der Waals surface area contributed by atoms with Crippen molar-refractivity contribution in [2.45, 2.75) is 31.5 Å². The number of benzene rings is 2. The van der Waals surface area contributed by atoms with Crippen molar-refractivity contribution in [2.24, 2.45) is 0 Å². The Balaban J connectivity index is 1.57. The number of fused-ring (bicyclic) bond motifs is 2. The number of hydrogen-bond donors (Lipinski definition) is 3. The molecule has 0 aromatic heterocycles. The molecule has 7 nitrogen and oxygen atoms in total. The molecule has 0 radical (unpaired) electrons. The Morgan fingerprint density at radius 3 is 2.81 bits per heavy atom. The molecule has 0 saturated heterocycles. The molecular weight excluding hydrogens is 442 g/mol. The summed E-state index contributed by atoms with van der Waals surface area (Å²) in [6.07, 6.45) is -0.0748. The highest BCUT2D eigenvalue weighted by Crippen LogP contribution is 2.41. The second-order valence-corrected chi connectivity index (χ2v) is 8.23. The largest absolute Gasteiger partial charge is 0.481 e. The molecule has 3 N–H and O–H groups in total. The maximum absolute atomic E-state index is 13.7. The molecule has 0 saturated carbocycles.